The average Bonchev–Trinajstić information content (AvgIpc) is 3.10. The lowest BCUT2D eigenvalue weighted by Gasteiger charge is -2.06. The highest BCUT2D eigenvalue weighted by molar-refractivity contribution is 5.92. The van der Waals surface area contributed by atoms with Crippen LogP contribution in [0.25, 0.3) is 11.3 Å². The Balaban J connectivity index is 1.64. The number of guanidine groups is 1. The molecule has 0 fully saturated rings. The largest absolute Gasteiger partial charge is 0.439 e. The highest BCUT2D eigenvalue weighted by Gasteiger charge is 2.06. The maximum Gasteiger partial charge on any atom is 0.216 e. The van der Waals surface area contributed by atoms with E-state index in [1.807, 2.05) is 36.4 Å². The van der Waals surface area contributed by atoms with Gasteiger partial charge in [-0.25, -0.2) is 9.98 Å². The number of nitrogens with two attached hydrogens (primary N) is 1. The maximum atomic E-state index is 5.95. The summed E-state index contributed by atoms with van der Waals surface area (Å²) in [6.45, 7) is 4.46. The maximum absolute atomic E-state index is 5.95. The number of aryl methyl sites for hydroxylation is 2. The van der Waals surface area contributed by atoms with Crippen molar-refractivity contribution < 1.29 is 4.42 Å². The molecule has 5 heteroatoms. The van der Waals surface area contributed by atoms with E-state index in [2.05, 4.69) is 41.3 Å². The first-order valence-electron chi connectivity index (χ1n) is 8.31. The fourth-order valence-corrected chi connectivity index (χ4v) is 2.44. The molecule has 1 aromatic heterocycles. The van der Waals surface area contributed by atoms with E-state index in [-0.39, 0.29) is 6.54 Å². The lowest BCUT2D eigenvalue weighted by Crippen LogP contribution is -2.22. The third-order valence-electron chi connectivity index (χ3n) is 3.88. The molecule has 0 aliphatic heterocycles. The van der Waals surface area contributed by atoms with Crippen LogP contribution < -0.4 is 11.1 Å². The van der Waals surface area contributed by atoms with Crippen LogP contribution in [0.5, 0.6) is 0 Å². The van der Waals surface area contributed by atoms with Gasteiger partial charge in [-0.05, 0) is 31.0 Å². The standard InChI is InChI=1S/C20H22N4O/c1-3-15-5-4-6-17(11-15)24-20(21)23-13-19-22-12-18(25-19)16-9-7-14(2)8-10-16/h4-12H,3,13H2,1-2H3,(H3,21,23,24). The van der Waals surface area contributed by atoms with E-state index in [9.17, 15) is 0 Å². The summed E-state index contributed by atoms with van der Waals surface area (Å²) in [4.78, 5) is 8.56. The molecule has 0 radical (unpaired) electrons. The van der Waals surface area contributed by atoms with Gasteiger partial charge < -0.3 is 15.5 Å². The molecule has 3 N–H and O–H groups in total. The lowest BCUT2D eigenvalue weighted by molar-refractivity contribution is 0.510. The quantitative estimate of drug-likeness (QED) is 0.543. The Morgan fingerprint density at radius 3 is 2.76 bits per heavy atom. The lowest BCUT2D eigenvalue weighted by atomic mass is 10.1. The van der Waals surface area contributed by atoms with Gasteiger partial charge in [-0.1, -0.05) is 48.9 Å². The first-order valence-corrected chi connectivity index (χ1v) is 8.31. The minimum atomic E-state index is 0.290. The predicted octanol–water partition coefficient (Wildman–Crippen LogP) is 4.14. The number of anilines is 1. The third kappa shape index (κ3) is 4.47. The molecule has 0 atom stereocenters. The normalized spacial score (nSPS) is 11.5. The van der Waals surface area contributed by atoms with Crippen LogP contribution in [0.15, 0.2) is 64.1 Å². The Bertz CT molecular complexity index is 865. The van der Waals surface area contributed by atoms with E-state index in [0.717, 1.165) is 23.4 Å². The molecule has 25 heavy (non-hydrogen) atoms. The first-order chi connectivity index (χ1) is 12.1. The number of aliphatic imine (C=N–C) groups is 1. The van der Waals surface area contributed by atoms with Gasteiger partial charge in [0.05, 0.1) is 6.20 Å². The monoisotopic (exact) mass is 334 g/mol. The highest BCUT2D eigenvalue weighted by Crippen LogP contribution is 2.21. The Labute approximate surface area is 147 Å². The molecule has 0 amide bonds. The Kier molecular flexibility index (Phi) is 5.14. The summed E-state index contributed by atoms with van der Waals surface area (Å²) in [5, 5.41) is 3.09. The molecule has 2 aromatic carbocycles. The van der Waals surface area contributed by atoms with Crippen molar-refractivity contribution in [3.8, 4) is 11.3 Å². The molecule has 128 valence electrons. The second-order valence-corrected chi connectivity index (χ2v) is 5.86. The van der Waals surface area contributed by atoms with E-state index in [1.165, 1.54) is 11.1 Å². The first kappa shape index (κ1) is 16.8. The van der Waals surface area contributed by atoms with E-state index >= 15 is 0 Å². The molecule has 0 unspecified atom stereocenters. The van der Waals surface area contributed by atoms with Crippen molar-refractivity contribution >= 4 is 11.6 Å². The number of benzene rings is 2. The van der Waals surface area contributed by atoms with Gasteiger partial charge in [0.2, 0.25) is 5.89 Å². The van der Waals surface area contributed by atoms with Crippen LogP contribution in [0.3, 0.4) is 0 Å². The number of rotatable bonds is 5. The molecular weight excluding hydrogens is 312 g/mol. The Hall–Kier alpha value is -3.08. The van der Waals surface area contributed by atoms with Gasteiger partial charge >= 0.3 is 0 Å². The van der Waals surface area contributed by atoms with Gasteiger partial charge in [0, 0.05) is 11.3 Å². The summed E-state index contributed by atoms with van der Waals surface area (Å²) in [5.41, 5.74) is 10.3. The molecule has 0 bridgehead atoms. The van der Waals surface area contributed by atoms with Crippen molar-refractivity contribution in [2.24, 2.45) is 10.7 Å². The highest BCUT2D eigenvalue weighted by atomic mass is 16.4. The van der Waals surface area contributed by atoms with E-state index in [4.69, 9.17) is 10.2 Å². The van der Waals surface area contributed by atoms with Crippen molar-refractivity contribution in [2.45, 2.75) is 26.8 Å². The molecule has 0 spiro atoms. The second-order valence-electron chi connectivity index (χ2n) is 5.86. The van der Waals surface area contributed by atoms with Crippen molar-refractivity contribution in [2.75, 3.05) is 5.32 Å². The van der Waals surface area contributed by atoms with E-state index < -0.39 is 0 Å². The second kappa shape index (κ2) is 7.66. The number of hydrogen-bond donors (Lipinski definition) is 2. The fraction of sp³-hybridized carbons (Fsp3) is 0.200. The minimum absolute atomic E-state index is 0.290. The number of oxazole rings is 1. The molecule has 5 nitrogen and oxygen atoms in total. The third-order valence-corrected chi connectivity index (χ3v) is 3.88. The molecule has 1 heterocycles. The number of nitrogens with zero attached hydrogens (tertiary/aromatic N) is 2. The smallest absolute Gasteiger partial charge is 0.216 e. The summed E-state index contributed by atoms with van der Waals surface area (Å²) in [6, 6.07) is 16.2. The summed E-state index contributed by atoms with van der Waals surface area (Å²) < 4.78 is 5.75. The number of hydrogen-bond acceptors (Lipinski definition) is 3. The minimum Gasteiger partial charge on any atom is -0.439 e. The van der Waals surface area contributed by atoms with Crippen LogP contribution >= 0.6 is 0 Å². The summed E-state index contributed by atoms with van der Waals surface area (Å²) in [7, 11) is 0. The molecule has 3 aromatic rings. The zero-order valence-corrected chi connectivity index (χ0v) is 14.5. The molecule has 0 aliphatic rings. The summed E-state index contributed by atoms with van der Waals surface area (Å²) in [5.74, 6) is 1.60. The number of aromatic nitrogens is 1. The number of nitrogens with one attached hydrogen (secondary N) is 1. The van der Waals surface area contributed by atoms with Crippen LogP contribution in [-0.2, 0) is 13.0 Å². The average molecular weight is 334 g/mol. The van der Waals surface area contributed by atoms with Crippen LogP contribution in [0, 0.1) is 6.92 Å². The van der Waals surface area contributed by atoms with Crippen molar-refractivity contribution in [3.63, 3.8) is 0 Å². The fourth-order valence-electron chi connectivity index (χ4n) is 2.44. The predicted molar refractivity (Wildman–Crippen MR) is 101 cm³/mol. The molecule has 0 saturated heterocycles. The Morgan fingerprint density at radius 2 is 2.00 bits per heavy atom. The summed E-state index contributed by atoms with van der Waals surface area (Å²) >= 11 is 0. The van der Waals surface area contributed by atoms with E-state index in [1.54, 1.807) is 6.20 Å². The van der Waals surface area contributed by atoms with Crippen LogP contribution in [0.1, 0.15) is 23.9 Å². The van der Waals surface area contributed by atoms with Crippen molar-refractivity contribution in [1.29, 1.82) is 0 Å². The Morgan fingerprint density at radius 1 is 1.20 bits per heavy atom. The summed E-state index contributed by atoms with van der Waals surface area (Å²) in [6.07, 6.45) is 2.69. The topological polar surface area (TPSA) is 76.4 Å². The zero-order chi connectivity index (χ0) is 17.6. The van der Waals surface area contributed by atoms with Crippen molar-refractivity contribution in [1.82, 2.24) is 4.98 Å². The van der Waals surface area contributed by atoms with Gasteiger partial charge in [-0.2, -0.15) is 0 Å². The van der Waals surface area contributed by atoms with Gasteiger partial charge in [0.25, 0.3) is 0 Å². The van der Waals surface area contributed by atoms with Crippen LogP contribution in [0.4, 0.5) is 5.69 Å². The zero-order valence-electron chi connectivity index (χ0n) is 14.5. The molecular formula is C20H22N4O. The van der Waals surface area contributed by atoms with E-state index in [0.29, 0.717) is 11.9 Å². The SMILES string of the molecule is CCc1cccc(NC(N)=NCc2ncc(-c3ccc(C)cc3)o2)c1. The van der Waals surface area contributed by atoms with Gasteiger partial charge in [-0.15, -0.1) is 0 Å². The van der Waals surface area contributed by atoms with Crippen LogP contribution in [-0.4, -0.2) is 10.9 Å². The molecule has 3 rings (SSSR count). The van der Waals surface area contributed by atoms with Gasteiger partial charge in [-0.3, -0.25) is 0 Å². The van der Waals surface area contributed by atoms with Crippen molar-refractivity contribution in [3.05, 3.63) is 71.7 Å². The molecule has 0 saturated carbocycles. The molecule has 0 aliphatic carbocycles. The van der Waals surface area contributed by atoms with Gasteiger partial charge in [0.15, 0.2) is 11.7 Å². The van der Waals surface area contributed by atoms with Gasteiger partial charge in [0.1, 0.15) is 6.54 Å². The van der Waals surface area contributed by atoms with Crippen LogP contribution in [0.2, 0.25) is 0 Å².